The van der Waals surface area contributed by atoms with E-state index in [9.17, 15) is 19.4 Å². The molecule has 10 atom stereocenters. The first-order valence-electron chi connectivity index (χ1n) is 12.1. The summed E-state index contributed by atoms with van der Waals surface area (Å²) in [6, 6.07) is 0. The van der Waals surface area contributed by atoms with Gasteiger partial charge in [-0.15, -0.1) is 0 Å². The number of fused-ring (bicyclic) bond motifs is 5. The van der Waals surface area contributed by atoms with E-state index in [1.165, 1.54) is 25.7 Å². The third-order valence-corrected chi connectivity index (χ3v) is 10.4. The van der Waals surface area contributed by atoms with Crippen LogP contribution in [0.5, 0.6) is 0 Å². The zero-order chi connectivity index (χ0) is 21.0. The molecule has 4 aliphatic carbocycles. The number of carbonyl (C=O) groups is 1. The quantitative estimate of drug-likeness (QED) is 0.678. The monoisotopic (exact) mass is 408 g/mol. The summed E-state index contributed by atoms with van der Waals surface area (Å²) in [5.41, 5.74) is 0.499. The fourth-order valence-corrected chi connectivity index (χ4v) is 8.83. The first kappa shape index (κ1) is 21.7. The Balaban J connectivity index is 1.53. The number of halogens is 1. The second-order valence-corrected chi connectivity index (χ2v) is 11.6. The highest BCUT2D eigenvalue weighted by atomic mass is 19.1. The summed E-state index contributed by atoms with van der Waals surface area (Å²) in [6.07, 6.45) is 9.23. The van der Waals surface area contributed by atoms with Crippen molar-refractivity contribution in [1.82, 2.24) is 0 Å². The molecule has 4 rings (SSSR count). The minimum absolute atomic E-state index is 0.186. The number of alkyl halides is 1. The summed E-state index contributed by atoms with van der Waals surface area (Å²) in [4.78, 5) is 11.5. The maximum absolute atomic E-state index is 12.6. The largest absolute Gasteiger partial charge is 0.393 e. The molecule has 0 amide bonds. The maximum atomic E-state index is 12.6. The van der Waals surface area contributed by atoms with Gasteiger partial charge in [0, 0.05) is 6.42 Å². The Morgan fingerprint density at radius 3 is 2.45 bits per heavy atom. The van der Waals surface area contributed by atoms with Crippen LogP contribution in [0.25, 0.3) is 0 Å². The standard InChI is InChI=1S/C25H41FO3/c1-15(4-5-18(28)14-26)19-6-7-20-23-21(9-11-25(19,20)3)24(2)10-8-17(27)12-16(24)13-22(23)29/h15-17,19-23,27,29H,4-14H2,1-3H3/t15-,16?,17-,19-,20+,21+,22-,23?,24?,25?/m1/s1. The molecule has 0 saturated heterocycles. The van der Waals surface area contributed by atoms with Crippen molar-refractivity contribution < 1.29 is 19.4 Å². The number of hydrogen-bond donors (Lipinski definition) is 2. The van der Waals surface area contributed by atoms with Gasteiger partial charge in [-0.25, -0.2) is 4.39 Å². The van der Waals surface area contributed by atoms with Gasteiger partial charge >= 0.3 is 0 Å². The molecule has 4 unspecified atom stereocenters. The Labute approximate surface area is 175 Å². The van der Waals surface area contributed by atoms with Crippen molar-refractivity contribution in [2.75, 3.05) is 6.67 Å². The molecule has 4 heteroatoms. The van der Waals surface area contributed by atoms with Crippen molar-refractivity contribution >= 4 is 5.78 Å². The molecule has 0 radical (unpaired) electrons. The molecule has 0 aromatic heterocycles. The van der Waals surface area contributed by atoms with Crippen LogP contribution in [-0.4, -0.2) is 34.9 Å². The number of ketones is 1. The second kappa shape index (κ2) is 7.89. The van der Waals surface area contributed by atoms with E-state index in [1.807, 2.05) is 0 Å². The molecule has 2 N–H and O–H groups in total. The van der Waals surface area contributed by atoms with Gasteiger partial charge in [-0.2, -0.15) is 0 Å². The molecule has 4 fully saturated rings. The Bertz CT molecular complexity index is 623. The van der Waals surface area contributed by atoms with Crippen molar-refractivity contribution in [3.63, 3.8) is 0 Å². The van der Waals surface area contributed by atoms with Gasteiger partial charge in [-0.05, 0) is 104 Å². The van der Waals surface area contributed by atoms with E-state index in [4.69, 9.17) is 0 Å². The Morgan fingerprint density at radius 1 is 1.03 bits per heavy atom. The number of carbonyl (C=O) groups excluding carboxylic acids is 1. The predicted octanol–water partition coefficient (Wildman–Crippen LogP) is 4.93. The minimum Gasteiger partial charge on any atom is -0.393 e. The first-order valence-corrected chi connectivity index (χ1v) is 12.1. The first-order chi connectivity index (χ1) is 13.7. The van der Waals surface area contributed by atoms with Crippen LogP contribution in [-0.2, 0) is 4.79 Å². The fraction of sp³-hybridized carbons (Fsp3) is 0.960. The van der Waals surface area contributed by atoms with Crippen LogP contribution in [0.15, 0.2) is 0 Å². The summed E-state index contributed by atoms with van der Waals surface area (Å²) >= 11 is 0. The Hall–Kier alpha value is -0.480. The van der Waals surface area contributed by atoms with Gasteiger partial charge in [0.05, 0.1) is 12.2 Å². The summed E-state index contributed by atoms with van der Waals surface area (Å²) < 4.78 is 12.6. The number of hydrogen-bond acceptors (Lipinski definition) is 3. The second-order valence-electron chi connectivity index (χ2n) is 11.6. The fourth-order valence-electron chi connectivity index (χ4n) is 8.83. The average molecular weight is 409 g/mol. The summed E-state index contributed by atoms with van der Waals surface area (Å²) in [7, 11) is 0. The van der Waals surface area contributed by atoms with E-state index in [-0.39, 0.29) is 28.8 Å². The molecule has 0 spiro atoms. The summed E-state index contributed by atoms with van der Waals surface area (Å²) in [6.45, 7) is 6.33. The van der Waals surface area contributed by atoms with Gasteiger partial charge in [0.2, 0.25) is 0 Å². The van der Waals surface area contributed by atoms with E-state index in [0.29, 0.717) is 41.9 Å². The highest BCUT2D eigenvalue weighted by Gasteiger charge is 2.62. The SMILES string of the molecule is C[C@H](CCC(=O)CF)[C@H]1CC[C@H]2C3[C@H](O)CC4C[C@H](O)CCC4(C)[C@H]3CCC12C. The van der Waals surface area contributed by atoms with E-state index >= 15 is 0 Å². The lowest BCUT2D eigenvalue weighted by molar-refractivity contribution is -0.174. The van der Waals surface area contributed by atoms with E-state index in [0.717, 1.165) is 32.1 Å². The number of aliphatic hydroxyl groups excluding tert-OH is 2. The number of Topliss-reactive ketones (excluding diaryl/α,β-unsaturated/α-hetero) is 1. The third kappa shape index (κ3) is 3.50. The normalized spacial score (nSPS) is 50.3. The molecule has 0 aliphatic heterocycles. The lowest BCUT2D eigenvalue weighted by atomic mass is 9.43. The van der Waals surface area contributed by atoms with Crippen molar-refractivity contribution in [2.45, 2.75) is 97.2 Å². The van der Waals surface area contributed by atoms with Gasteiger partial charge in [-0.3, -0.25) is 4.79 Å². The molecule has 4 saturated carbocycles. The van der Waals surface area contributed by atoms with Crippen molar-refractivity contribution in [1.29, 1.82) is 0 Å². The molecule has 0 aromatic carbocycles. The molecule has 0 heterocycles. The Kier molecular flexibility index (Phi) is 5.92. The van der Waals surface area contributed by atoms with Crippen LogP contribution in [0.1, 0.15) is 85.0 Å². The highest BCUT2D eigenvalue weighted by Crippen LogP contribution is 2.68. The van der Waals surface area contributed by atoms with Gasteiger partial charge in [0.1, 0.15) is 6.67 Å². The molecule has 166 valence electrons. The van der Waals surface area contributed by atoms with E-state index in [2.05, 4.69) is 20.8 Å². The summed E-state index contributed by atoms with van der Waals surface area (Å²) in [5, 5.41) is 21.5. The van der Waals surface area contributed by atoms with Crippen LogP contribution in [0.4, 0.5) is 4.39 Å². The number of rotatable bonds is 5. The van der Waals surface area contributed by atoms with Crippen LogP contribution in [0.3, 0.4) is 0 Å². The van der Waals surface area contributed by atoms with E-state index in [1.54, 1.807) is 0 Å². The van der Waals surface area contributed by atoms with Gasteiger partial charge in [-0.1, -0.05) is 20.8 Å². The lowest BCUT2D eigenvalue weighted by Gasteiger charge is -2.62. The van der Waals surface area contributed by atoms with Crippen molar-refractivity contribution in [3.05, 3.63) is 0 Å². The topological polar surface area (TPSA) is 57.5 Å². The zero-order valence-electron chi connectivity index (χ0n) is 18.6. The van der Waals surface area contributed by atoms with Crippen LogP contribution in [0.2, 0.25) is 0 Å². The van der Waals surface area contributed by atoms with Gasteiger partial charge in [0.15, 0.2) is 5.78 Å². The molecule has 29 heavy (non-hydrogen) atoms. The van der Waals surface area contributed by atoms with Gasteiger partial charge in [0.25, 0.3) is 0 Å². The highest BCUT2D eigenvalue weighted by molar-refractivity contribution is 5.79. The third-order valence-electron chi connectivity index (χ3n) is 10.4. The molecular formula is C25H41FO3. The van der Waals surface area contributed by atoms with Gasteiger partial charge < -0.3 is 10.2 Å². The average Bonchev–Trinajstić information content (AvgIpc) is 3.04. The predicted molar refractivity (Wildman–Crippen MR) is 112 cm³/mol. The zero-order valence-corrected chi connectivity index (χ0v) is 18.6. The van der Waals surface area contributed by atoms with Crippen molar-refractivity contribution in [2.24, 2.45) is 46.3 Å². The van der Waals surface area contributed by atoms with Crippen molar-refractivity contribution in [3.8, 4) is 0 Å². The number of aliphatic hydroxyl groups is 2. The Morgan fingerprint density at radius 2 is 1.72 bits per heavy atom. The molecular weight excluding hydrogens is 367 g/mol. The molecule has 0 aromatic rings. The van der Waals surface area contributed by atoms with Crippen LogP contribution >= 0.6 is 0 Å². The molecule has 0 bridgehead atoms. The van der Waals surface area contributed by atoms with E-state index < -0.39 is 6.67 Å². The van der Waals surface area contributed by atoms with Crippen LogP contribution < -0.4 is 0 Å². The minimum atomic E-state index is -0.832. The lowest BCUT2D eigenvalue weighted by Crippen LogP contribution is -2.58. The molecule has 4 aliphatic rings. The molecule has 3 nitrogen and oxygen atoms in total. The summed E-state index contributed by atoms with van der Waals surface area (Å²) in [5.74, 6) is 2.72. The smallest absolute Gasteiger partial charge is 0.163 e. The van der Waals surface area contributed by atoms with Crippen LogP contribution in [0, 0.1) is 46.3 Å². The maximum Gasteiger partial charge on any atom is 0.163 e.